The quantitative estimate of drug-likeness (QED) is 0.777. The van der Waals surface area contributed by atoms with E-state index in [-0.39, 0.29) is 11.3 Å². The highest BCUT2D eigenvalue weighted by molar-refractivity contribution is 9.10. The van der Waals surface area contributed by atoms with Gasteiger partial charge in [-0.05, 0) is 29.8 Å². The van der Waals surface area contributed by atoms with Gasteiger partial charge in [0.25, 0.3) is 0 Å². The first-order chi connectivity index (χ1) is 10.5. The summed E-state index contributed by atoms with van der Waals surface area (Å²) in [5.74, 6) is -0.523. The number of anilines is 1. The lowest BCUT2D eigenvalue weighted by atomic mass is 10.2. The minimum absolute atomic E-state index is 0.0618. The van der Waals surface area contributed by atoms with Crippen LogP contribution in [-0.2, 0) is 21.5 Å². The molecular weight excluding hydrogens is 370 g/mol. The van der Waals surface area contributed by atoms with E-state index >= 15 is 0 Å². The molecule has 5 nitrogen and oxygen atoms in total. The van der Waals surface area contributed by atoms with Gasteiger partial charge in [0, 0.05) is 16.2 Å². The number of hydrogen-bond donors (Lipinski definition) is 2. The largest absolute Gasteiger partial charge is 0.507 e. The molecule has 0 aliphatic carbocycles. The monoisotopic (exact) mass is 383 g/mol. The lowest BCUT2D eigenvalue weighted by molar-refractivity contribution is 0.0597. The molecule has 2 N–H and O–H groups in total. The first kappa shape index (κ1) is 16.5. The standard InChI is InChI=1S/C15H14BrNO4S/c1-21-15(19)13-7-6-12(8-14(13)18)17-22(20)9-10-2-4-11(16)5-3-10/h2-8,17-18H,9H2,1H3. The molecule has 0 spiro atoms. The molecule has 0 saturated carbocycles. The third-order valence-electron chi connectivity index (χ3n) is 2.85. The highest BCUT2D eigenvalue weighted by Crippen LogP contribution is 2.23. The third-order valence-corrected chi connectivity index (χ3v) is 4.43. The number of phenolic OH excluding ortho intramolecular Hbond substituents is 1. The van der Waals surface area contributed by atoms with Gasteiger partial charge in [-0.1, -0.05) is 28.1 Å². The molecule has 1 atom stereocenters. The van der Waals surface area contributed by atoms with Gasteiger partial charge in [0.15, 0.2) is 0 Å². The van der Waals surface area contributed by atoms with Crippen LogP contribution in [0.5, 0.6) is 5.75 Å². The summed E-state index contributed by atoms with van der Waals surface area (Å²) < 4.78 is 20.3. The lowest BCUT2D eigenvalue weighted by Gasteiger charge is -2.08. The van der Waals surface area contributed by atoms with Gasteiger partial charge >= 0.3 is 5.97 Å². The fourth-order valence-corrected chi connectivity index (χ4v) is 3.00. The van der Waals surface area contributed by atoms with Crippen LogP contribution < -0.4 is 4.72 Å². The Morgan fingerprint density at radius 2 is 1.95 bits per heavy atom. The number of methoxy groups -OCH3 is 1. The van der Waals surface area contributed by atoms with Gasteiger partial charge in [-0.2, -0.15) is 0 Å². The topological polar surface area (TPSA) is 75.6 Å². The van der Waals surface area contributed by atoms with Gasteiger partial charge in [-0.25, -0.2) is 9.00 Å². The molecule has 0 saturated heterocycles. The fraction of sp³-hybridized carbons (Fsp3) is 0.133. The van der Waals surface area contributed by atoms with Crippen molar-refractivity contribution in [3.63, 3.8) is 0 Å². The maximum absolute atomic E-state index is 12.1. The van der Waals surface area contributed by atoms with E-state index < -0.39 is 17.0 Å². The molecule has 22 heavy (non-hydrogen) atoms. The van der Waals surface area contributed by atoms with Crippen LogP contribution in [-0.4, -0.2) is 22.4 Å². The average Bonchev–Trinajstić information content (AvgIpc) is 2.49. The number of carbonyl (C=O) groups is 1. The number of carbonyl (C=O) groups excluding carboxylic acids is 1. The van der Waals surface area contributed by atoms with Crippen LogP contribution in [0, 0.1) is 0 Å². The van der Waals surface area contributed by atoms with Gasteiger partial charge in [0.2, 0.25) is 0 Å². The summed E-state index contributed by atoms with van der Waals surface area (Å²) >= 11 is 3.34. The Bertz CT molecular complexity index is 703. The summed E-state index contributed by atoms with van der Waals surface area (Å²) in [6, 6.07) is 11.8. The minimum atomic E-state index is -1.35. The zero-order valence-electron chi connectivity index (χ0n) is 11.7. The minimum Gasteiger partial charge on any atom is -0.507 e. The summed E-state index contributed by atoms with van der Waals surface area (Å²) in [4.78, 5) is 11.4. The maximum Gasteiger partial charge on any atom is 0.341 e. The van der Waals surface area contributed by atoms with Gasteiger partial charge < -0.3 is 14.6 Å². The van der Waals surface area contributed by atoms with Crippen molar-refractivity contribution < 1.29 is 18.8 Å². The Hall–Kier alpha value is -1.86. The molecule has 2 aromatic carbocycles. The van der Waals surface area contributed by atoms with Crippen LogP contribution in [0.25, 0.3) is 0 Å². The molecule has 0 heterocycles. The number of aromatic hydroxyl groups is 1. The predicted molar refractivity (Wildman–Crippen MR) is 89.1 cm³/mol. The van der Waals surface area contributed by atoms with E-state index in [1.54, 1.807) is 6.07 Å². The van der Waals surface area contributed by atoms with Crippen LogP contribution in [0.3, 0.4) is 0 Å². The normalized spacial score (nSPS) is 11.7. The summed E-state index contributed by atoms with van der Waals surface area (Å²) in [6.45, 7) is 0. The molecule has 0 amide bonds. The molecule has 116 valence electrons. The number of phenols is 1. The number of halogens is 1. The van der Waals surface area contributed by atoms with Crippen molar-refractivity contribution in [2.75, 3.05) is 11.8 Å². The Balaban J connectivity index is 2.04. The molecule has 0 aliphatic rings. The average molecular weight is 384 g/mol. The molecule has 2 rings (SSSR count). The van der Waals surface area contributed by atoms with E-state index in [9.17, 15) is 14.1 Å². The molecule has 0 radical (unpaired) electrons. The molecule has 0 aromatic heterocycles. The predicted octanol–water partition coefficient (Wildman–Crippen LogP) is 3.22. The van der Waals surface area contributed by atoms with Gasteiger partial charge in [0.05, 0.1) is 12.9 Å². The first-order valence-corrected chi connectivity index (χ1v) is 8.41. The zero-order valence-corrected chi connectivity index (χ0v) is 14.1. The van der Waals surface area contributed by atoms with Crippen LogP contribution in [0.2, 0.25) is 0 Å². The highest BCUT2D eigenvalue weighted by Gasteiger charge is 2.12. The van der Waals surface area contributed by atoms with Gasteiger partial charge in [0.1, 0.15) is 22.3 Å². The number of nitrogens with one attached hydrogen (secondary N) is 1. The summed E-state index contributed by atoms with van der Waals surface area (Å²) in [6.07, 6.45) is 0. The third kappa shape index (κ3) is 4.32. The van der Waals surface area contributed by atoms with Crippen molar-refractivity contribution in [1.82, 2.24) is 0 Å². The van der Waals surface area contributed by atoms with Gasteiger partial charge in [-0.15, -0.1) is 0 Å². The van der Waals surface area contributed by atoms with E-state index in [2.05, 4.69) is 25.4 Å². The number of hydrogen-bond acceptors (Lipinski definition) is 4. The van der Waals surface area contributed by atoms with E-state index in [0.717, 1.165) is 10.0 Å². The van der Waals surface area contributed by atoms with E-state index in [1.807, 2.05) is 24.3 Å². The zero-order chi connectivity index (χ0) is 16.1. The summed E-state index contributed by atoms with van der Waals surface area (Å²) in [5, 5.41) is 9.78. The first-order valence-electron chi connectivity index (χ1n) is 6.30. The van der Waals surface area contributed by atoms with Gasteiger partial charge in [-0.3, -0.25) is 0 Å². The van der Waals surface area contributed by atoms with Crippen LogP contribution in [0.1, 0.15) is 15.9 Å². The molecular formula is C15H14BrNO4S. The van der Waals surface area contributed by atoms with Crippen molar-refractivity contribution in [2.24, 2.45) is 0 Å². The summed E-state index contributed by atoms with van der Waals surface area (Å²) in [7, 11) is -0.111. The van der Waals surface area contributed by atoms with Crippen LogP contribution in [0.4, 0.5) is 5.69 Å². The fourth-order valence-electron chi connectivity index (χ4n) is 1.78. The Morgan fingerprint density at radius 1 is 1.27 bits per heavy atom. The molecule has 0 aliphatic heterocycles. The molecule has 0 fully saturated rings. The molecule has 7 heteroatoms. The number of ether oxygens (including phenoxy) is 1. The Morgan fingerprint density at radius 3 is 2.55 bits per heavy atom. The SMILES string of the molecule is COC(=O)c1ccc(NS(=O)Cc2ccc(Br)cc2)cc1O. The van der Waals surface area contributed by atoms with Crippen molar-refractivity contribution in [3.8, 4) is 5.75 Å². The Kier molecular flexibility index (Phi) is 5.57. The van der Waals surface area contributed by atoms with Crippen molar-refractivity contribution in [3.05, 3.63) is 58.1 Å². The van der Waals surface area contributed by atoms with Crippen molar-refractivity contribution in [1.29, 1.82) is 0 Å². The number of benzene rings is 2. The second-order valence-electron chi connectivity index (χ2n) is 4.44. The van der Waals surface area contributed by atoms with Crippen molar-refractivity contribution >= 4 is 38.6 Å². The van der Waals surface area contributed by atoms with Crippen molar-refractivity contribution in [2.45, 2.75) is 5.75 Å². The van der Waals surface area contributed by atoms with E-state index in [1.165, 1.54) is 19.2 Å². The smallest absolute Gasteiger partial charge is 0.341 e. The highest BCUT2D eigenvalue weighted by atomic mass is 79.9. The molecule has 1 unspecified atom stereocenters. The lowest BCUT2D eigenvalue weighted by Crippen LogP contribution is -2.08. The Labute approximate surface area is 139 Å². The van der Waals surface area contributed by atoms with E-state index in [0.29, 0.717) is 11.4 Å². The van der Waals surface area contributed by atoms with Crippen LogP contribution >= 0.6 is 15.9 Å². The second-order valence-corrected chi connectivity index (χ2v) is 6.54. The molecule has 0 bridgehead atoms. The summed E-state index contributed by atoms with van der Waals surface area (Å²) in [5.41, 5.74) is 1.44. The number of esters is 1. The second kappa shape index (κ2) is 7.42. The number of rotatable bonds is 5. The van der Waals surface area contributed by atoms with E-state index in [4.69, 9.17) is 0 Å². The maximum atomic E-state index is 12.1. The molecule has 2 aromatic rings. The van der Waals surface area contributed by atoms with Crippen LogP contribution in [0.15, 0.2) is 46.9 Å².